The molecular weight excluding hydrogens is 254 g/mol. The van der Waals surface area contributed by atoms with E-state index in [1.807, 2.05) is 12.1 Å². The lowest BCUT2D eigenvalue weighted by Gasteiger charge is -2.20. The van der Waals surface area contributed by atoms with E-state index in [9.17, 15) is 9.90 Å². The van der Waals surface area contributed by atoms with E-state index in [4.69, 9.17) is 4.42 Å². The highest BCUT2D eigenvalue weighted by atomic mass is 16.3. The number of benzene rings is 1. The van der Waals surface area contributed by atoms with Gasteiger partial charge in [-0.2, -0.15) is 0 Å². The first-order valence-electron chi connectivity index (χ1n) is 6.67. The van der Waals surface area contributed by atoms with Crippen LogP contribution in [0.5, 0.6) is 5.75 Å². The number of furan rings is 1. The average Bonchev–Trinajstić information content (AvgIpc) is 2.92. The zero-order valence-corrected chi connectivity index (χ0v) is 11.8. The Labute approximate surface area is 118 Å². The lowest BCUT2D eigenvalue weighted by atomic mass is 10.1. The fourth-order valence-corrected chi connectivity index (χ4v) is 2.07. The molecule has 1 N–H and O–H groups in total. The van der Waals surface area contributed by atoms with E-state index in [2.05, 4.69) is 11.8 Å². The van der Waals surface area contributed by atoms with Crippen LogP contribution in [0.3, 0.4) is 0 Å². The summed E-state index contributed by atoms with van der Waals surface area (Å²) in [6.45, 7) is 5.65. The first-order chi connectivity index (χ1) is 9.60. The Morgan fingerprint density at radius 1 is 1.30 bits per heavy atom. The van der Waals surface area contributed by atoms with Crippen LogP contribution in [0.15, 0.2) is 41.0 Å². The van der Waals surface area contributed by atoms with Crippen LogP contribution in [-0.4, -0.2) is 22.3 Å². The van der Waals surface area contributed by atoms with Gasteiger partial charge in [-0.05, 0) is 43.8 Å². The van der Waals surface area contributed by atoms with Crippen LogP contribution in [0.2, 0.25) is 0 Å². The van der Waals surface area contributed by atoms with Crippen LogP contribution in [0, 0.1) is 0 Å². The minimum Gasteiger partial charge on any atom is -0.508 e. The summed E-state index contributed by atoms with van der Waals surface area (Å²) in [7, 11) is 0. The zero-order valence-electron chi connectivity index (χ0n) is 11.8. The Balaban J connectivity index is 2.14. The average molecular weight is 273 g/mol. The molecule has 1 aromatic carbocycles. The standard InChI is InChI=1S/C16H19NO3/c1-3-17(11-15-5-4-8-20-15)10-14-9-13(12(2)18)6-7-16(14)19/h4-9,19H,3,10-11H2,1-2H3. The Bertz CT molecular complexity index is 575. The molecule has 2 aromatic rings. The number of nitrogens with zero attached hydrogens (tertiary/aromatic N) is 1. The summed E-state index contributed by atoms with van der Waals surface area (Å²) >= 11 is 0. The summed E-state index contributed by atoms with van der Waals surface area (Å²) in [5, 5.41) is 9.93. The number of hydrogen-bond acceptors (Lipinski definition) is 4. The second-order valence-corrected chi connectivity index (χ2v) is 4.78. The van der Waals surface area contributed by atoms with Crippen molar-refractivity contribution in [3.63, 3.8) is 0 Å². The van der Waals surface area contributed by atoms with E-state index in [-0.39, 0.29) is 11.5 Å². The van der Waals surface area contributed by atoms with Crippen molar-refractivity contribution in [2.24, 2.45) is 0 Å². The second kappa shape index (κ2) is 6.39. The second-order valence-electron chi connectivity index (χ2n) is 4.78. The number of phenolic OH excluding ortho intramolecular Hbond substituents is 1. The van der Waals surface area contributed by atoms with Crippen molar-refractivity contribution in [2.75, 3.05) is 6.54 Å². The van der Waals surface area contributed by atoms with Crippen molar-refractivity contribution in [3.8, 4) is 5.75 Å². The summed E-state index contributed by atoms with van der Waals surface area (Å²) in [6, 6.07) is 8.75. The maximum Gasteiger partial charge on any atom is 0.159 e. The summed E-state index contributed by atoms with van der Waals surface area (Å²) < 4.78 is 5.34. The number of Topliss-reactive ketones (excluding diaryl/α,β-unsaturated/α-hetero) is 1. The van der Waals surface area contributed by atoms with Crippen LogP contribution in [-0.2, 0) is 13.1 Å². The molecule has 4 nitrogen and oxygen atoms in total. The largest absolute Gasteiger partial charge is 0.508 e. The van der Waals surface area contributed by atoms with Gasteiger partial charge >= 0.3 is 0 Å². The first kappa shape index (κ1) is 14.3. The van der Waals surface area contributed by atoms with Gasteiger partial charge in [-0.25, -0.2) is 0 Å². The normalized spacial score (nSPS) is 10.9. The number of phenols is 1. The smallest absolute Gasteiger partial charge is 0.159 e. The van der Waals surface area contributed by atoms with Crippen molar-refractivity contribution in [1.29, 1.82) is 0 Å². The van der Waals surface area contributed by atoms with Crippen LogP contribution in [0.25, 0.3) is 0 Å². The lowest BCUT2D eigenvalue weighted by Crippen LogP contribution is -2.22. The van der Waals surface area contributed by atoms with E-state index < -0.39 is 0 Å². The molecule has 2 rings (SSSR count). The van der Waals surface area contributed by atoms with E-state index >= 15 is 0 Å². The molecule has 0 radical (unpaired) electrons. The topological polar surface area (TPSA) is 53.7 Å². The molecule has 106 valence electrons. The van der Waals surface area contributed by atoms with Gasteiger partial charge in [0.1, 0.15) is 11.5 Å². The molecule has 20 heavy (non-hydrogen) atoms. The van der Waals surface area contributed by atoms with Crippen molar-refractivity contribution in [2.45, 2.75) is 26.9 Å². The van der Waals surface area contributed by atoms with E-state index in [1.165, 1.54) is 6.92 Å². The molecule has 0 bridgehead atoms. The third kappa shape index (κ3) is 3.48. The predicted octanol–water partition coefficient (Wildman–Crippen LogP) is 3.21. The maximum absolute atomic E-state index is 11.4. The summed E-state index contributed by atoms with van der Waals surface area (Å²) in [5.74, 6) is 1.10. The van der Waals surface area contributed by atoms with Crippen molar-refractivity contribution in [1.82, 2.24) is 4.90 Å². The number of aromatic hydroxyl groups is 1. The predicted molar refractivity (Wildman–Crippen MR) is 76.6 cm³/mol. The number of ketones is 1. The van der Waals surface area contributed by atoms with Gasteiger partial charge in [0.05, 0.1) is 12.8 Å². The van der Waals surface area contributed by atoms with Crippen LogP contribution < -0.4 is 0 Å². The summed E-state index contributed by atoms with van der Waals surface area (Å²) in [5.41, 5.74) is 1.37. The van der Waals surface area contributed by atoms with Crippen LogP contribution in [0.1, 0.15) is 35.5 Å². The molecule has 0 saturated carbocycles. The maximum atomic E-state index is 11.4. The Morgan fingerprint density at radius 2 is 2.10 bits per heavy atom. The quantitative estimate of drug-likeness (QED) is 0.821. The Kier molecular flexibility index (Phi) is 4.58. The van der Waals surface area contributed by atoms with Gasteiger partial charge in [-0.15, -0.1) is 0 Å². The summed E-state index contributed by atoms with van der Waals surface area (Å²) in [4.78, 5) is 13.5. The number of hydrogen-bond donors (Lipinski definition) is 1. The third-order valence-electron chi connectivity index (χ3n) is 3.29. The zero-order chi connectivity index (χ0) is 14.5. The molecule has 0 aliphatic heterocycles. The molecule has 1 aromatic heterocycles. The molecule has 0 aliphatic carbocycles. The van der Waals surface area contributed by atoms with Gasteiger partial charge in [0.15, 0.2) is 5.78 Å². The molecule has 0 amide bonds. The van der Waals surface area contributed by atoms with Gasteiger partial charge in [0.2, 0.25) is 0 Å². The number of carbonyl (C=O) groups excluding carboxylic acids is 1. The van der Waals surface area contributed by atoms with Crippen LogP contribution >= 0.6 is 0 Å². The highest BCUT2D eigenvalue weighted by Gasteiger charge is 2.11. The van der Waals surface area contributed by atoms with E-state index in [0.717, 1.165) is 17.9 Å². The third-order valence-corrected chi connectivity index (χ3v) is 3.29. The molecule has 0 aliphatic rings. The van der Waals surface area contributed by atoms with Gasteiger partial charge in [-0.3, -0.25) is 9.69 Å². The van der Waals surface area contributed by atoms with Crippen molar-refractivity contribution < 1.29 is 14.3 Å². The molecule has 0 atom stereocenters. The highest BCUT2D eigenvalue weighted by Crippen LogP contribution is 2.21. The monoisotopic (exact) mass is 273 g/mol. The summed E-state index contributed by atoms with van der Waals surface area (Å²) in [6.07, 6.45) is 1.65. The highest BCUT2D eigenvalue weighted by molar-refractivity contribution is 5.94. The molecule has 0 spiro atoms. The van der Waals surface area contributed by atoms with Gasteiger partial charge in [0.25, 0.3) is 0 Å². The minimum atomic E-state index is 0.000308. The molecule has 1 heterocycles. The lowest BCUT2D eigenvalue weighted by molar-refractivity contribution is 0.101. The van der Waals surface area contributed by atoms with E-state index in [1.54, 1.807) is 24.5 Å². The fourth-order valence-electron chi connectivity index (χ4n) is 2.07. The van der Waals surface area contributed by atoms with Gasteiger partial charge in [0, 0.05) is 17.7 Å². The van der Waals surface area contributed by atoms with Gasteiger partial charge < -0.3 is 9.52 Å². The van der Waals surface area contributed by atoms with Gasteiger partial charge in [-0.1, -0.05) is 6.92 Å². The van der Waals surface area contributed by atoms with E-state index in [0.29, 0.717) is 18.7 Å². The Hall–Kier alpha value is -2.07. The molecule has 0 unspecified atom stereocenters. The molecule has 0 saturated heterocycles. The van der Waals surface area contributed by atoms with Crippen LogP contribution in [0.4, 0.5) is 0 Å². The minimum absolute atomic E-state index is 0.000308. The number of rotatable bonds is 6. The Morgan fingerprint density at radius 3 is 2.70 bits per heavy atom. The molecule has 4 heteroatoms. The molecular formula is C16H19NO3. The number of carbonyl (C=O) groups is 1. The fraction of sp³-hybridized carbons (Fsp3) is 0.312. The molecule has 0 fully saturated rings. The van der Waals surface area contributed by atoms with Crippen molar-refractivity contribution >= 4 is 5.78 Å². The first-order valence-corrected chi connectivity index (χ1v) is 6.67. The van der Waals surface area contributed by atoms with Crippen molar-refractivity contribution in [3.05, 3.63) is 53.5 Å². The SMILES string of the molecule is CCN(Cc1ccco1)Cc1cc(C(C)=O)ccc1O.